The Bertz CT molecular complexity index is 718. The van der Waals surface area contributed by atoms with Crippen molar-refractivity contribution in [1.29, 1.82) is 0 Å². The first-order valence-electron chi connectivity index (χ1n) is 7.10. The molecule has 0 bridgehead atoms. The van der Waals surface area contributed by atoms with Gasteiger partial charge in [0.05, 0.1) is 16.7 Å². The highest BCUT2D eigenvalue weighted by Crippen LogP contribution is 2.32. The van der Waals surface area contributed by atoms with Crippen molar-refractivity contribution < 1.29 is 40.9 Å². The van der Waals surface area contributed by atoms with Gasteiger partial charge in [-0.3, -0.25) is 0 Å². The van der Waals surface area contributed by atoms with Crippen LogP contribution in [0.15, 0.2) is 36.4 Å². The predicted molar refractivity (Wildman–Crippen MR) is 94.8 cm³/mol. The van der Waals surface area contributed by atoms with Crippen molar-refractivity contribution in [1.82, 2.24) is 0 Å². The summed E-state index contributed by atoms with van der Waals surface area (Å²) < 4.78 is 78.4. The fourth-order valence-corrected chi connectivity index (χ4v) is 2.34. The number of hydrogen-bond donors (Lipinski definition) is 1. The number of hydrogen-bond acceptors (Lipinski definition) is 3. The number of aliphatic hydroxyl groups is 1. The highest BCUT2D eigenvalue weighted by atomic mass is 79.9. The van der Waals surface area contributed by atoms with Crippen molar-refractivity contribution in [3.63, 3.8) is 0 Å². The minimum absolute atomic E-state index is 0.0629. The van der Waals surface area contributed by atoms with E-state index in [1.54, 1.807) is 6.07 Å². The summed E-state index contributed by atoms with van der Waals surface area (Å²) in [7, 11) is 0. The molecule has 0 amide bonds. The third-order valence-corrected chi connectivity index (χ3v) is 4.05. The van der Waals surface area contributed by atoms with Crippen molar-refractivity contribution >= 4 is 39.1 Å². The van der Waals surface area contributed by atoms with Crippen LogP contribution >= 0.6 is 39.1 Å². The lowest BCUT2D eigenvalue weighted by Crippen LogP contribution is -2.17. The SMILES string of the molecule is FC(F)(F)Oc1cc(CBr)ccc1Cl.OCc1ccc(Cl)c(OC(F)(F)F)c1. The van der Waals surface area contributed by atoms with Gasteiger partial charge in [-0.1, -0.05) is 51.3 Å². The maximum Gasteiger partial charge on any atom is 0.573 e. The molecule has 156 valence electrons. The molecule has 1 N–H and O–H groups in total. The molecule has 0 heterocycles. The van der Waals surface area contributed by atoms with Gasteiger partial charge in [-0.25, -0.2) is 0 Å². The van der Waals surface area contributed by atoms with Gasteiger partial charge in [0.1, 0.15) is 11.5 Å². The third-order valence-electron chi connectivity index (χ3n) is 2.78. The smallest absolute Gasteiger partial charge is 0.404 e. The lowest BCUT2D eigenvalue weighted by molar-refractivity contribution is -0.275. The number of benzene rings is 2. The van der Waals surface area contributed by atoms with E-state index in [1.807, 2.05) is 0 Å². The third kappa shape index (κ3) is 9.22. The van der Waals surface area contributed by atoms with Gasteiger partial charge in [0.2, 0.25) is 0 Å². The van der Waals surface area contributed by atoms with Crippen molar-refractivity contribution in [3.8, 4) is 11.5 Å². The van der Waals surface area contributed by atoms with Crippen molar-refractivity contribution in [2.45, 2.75) is 24.7 Å². The van der Waals surface area contributed by atoms with E-state index in [2.05, 4.69) is 25.4 Å². The molecule has 28 heavy (non-hydrogen) atoms. The fraction of sp³-hybridized carbons (Fsp3) is 0.250. The van der Waals surface area contributed by atoms with Crippen LogP contribution < -0.4 is 9.47 Å². The van der Waals surface area contributed by atoms with Gasteiger partial charge in [-0.05, 0) is 35.4 Å². The first kappa shape index (κ1) is 24.7. The Morgan fingerprint density at radius 1 is 0.786 bits per heavy atom. The van der Waals surface area contributed by atoms with E-state index in [9.17, 15) is 26.3 Å². The Balaban J connectivity index is 0.000000280. The first-order chi connectivity index (χ1) is 12.8. The molecule has 2 aromatic carbocycles. The Kier molecular flexibility index (Phi) is 9.19. The number of halogens is 9. The average Bonchev–Trinajstić information content (AvgIpc) is 2.57. The molecule has 0 aliphatic heterocycles. The molecule has 0 aliphatic carbocycles. The molecule has 0 atom stereocenters. The van der Waals surface area contributed by atoms with Gasteiger partial charge in [-0.2, -0.15) is 0 Å². The summed E-state index contributed by atoms with van der Waals surface area (Å²) in [5.74, 6) is -0.887. The zero-order valence-electron chi connectivity index (χ0n) is 13.5. The van der Waals surface area contributed by atoms with Crippen LogP contribution in [0.4, 0.5) is 26.3 Å². The summed E-state index contributed by atoms with van der Waals surface area (Å²) in [5, 5.41) is 8.90. The van der Waals surface area contributed by atoms with Gasteiger partial charge in [0.25, 0.3) is 0 Å². The summed E-state index contributed by atoms with van der Waals surface area (Å²) in [5.41, 5.74) is 0.960. The van der Waals surface area contributed by atoms with Crippen LogP contribution in [0.5, 0.6) is 11.5 Å². The van der Waals surface area contributed by atoms with Gasteiger partial charge < -0.3 is 14.6 Å². The number of ether oxygens (including phenoxy) is 2. The quantitative estimate of drug-likeness (QED) is 0.357. The van der Waals surface area contributed by atoms with Crippen molar-refractivity contribution in [2.24, 2.45) is 0 Å². The second-order valence-corrected chi connectivity index (χ2v) is 6.29. The van der Waals surface area contributed by atoms with Crippen LogP contribution in [0.2, 0.25) is 10.0 Å². The molecule has 0 unspecified atom stereocenters. The van der Waals surface area contributed by atoms with Crippen molar-refractivity contribution in [3.05, 3.63) is 57.6 Å². The summed E-state index contributed by atoms with van der Waals surface area (Å²) in [4.78, 5) is 0. The normalized spacial score (nSPS) is 11.5. The molecule has 0 saturated heterocycles. The van der Waals surface area contributed by atoms with Crippen LogP contribution in [-0.2, 0) is 11.9 Å². The second kappa shape index (κ2) is 10.4. The summed E-state index contributed by atoms with van der Waals surface area (Å²) >= 11 is 14.1. The van der Waals surface area contributed by atoms with E-state index in [0.717, 1.165) is 6.07 Å². The lowest BCUT2D eigenvalue weighted by Gasteiger charge is -2.10. The Hall–Kier alpha value is -1.36. The average molecular weight is 516 g/mol. The van der Waals surface area contributed by atoms with Gasteiger partial charge >= 0.3 is 12.7 Å². The number of aliphatic hydroxyl groups excluding tert-OH is 1. The van der Waals surface area contributed by atoms with E-state index in [-0.39, 0.29) is 22.4 Å². The molecule has 2 aromatic rings. The largest absolute Gasteiger partial charge is 0.573 e. The van der Waals surface area contributed by atoms with Crippen LogP contribution in [0, 0.1) is 0 Å². The molecule has 3 nitrogen and oxygen atoms in total. The Morgan fingerprint density at radius 2 is 1.18 bits per heavy atom. The van der Waals surface area contributed by atoms with E-state index in [1.165, 1.54) is 24.3 Å². The zero-order valence-corrected chi connectivity index (χ0v) is 16.6. The summed E-state index contributed by atoms with van der Waals surface area (Å²) in [6, 6.07) is 7.89. The van der Waals surface area contributed by atoms with E-state index < -0.39 is 18.5 Å². The highest BCUT2D eigenvalue weighted by molar-refractivity contribution is 9.08. The molecule has 0 aliphatic rings. The van der Waals surface area contributed by atoms with E-state index >= 15 is 0 Å². The van der Waals surface area contributed by atoms with Gasteiger partial charge in [-0.15, -0.1) is 26.3 Å². The molecule has 0 fully saturated rings. The minimum atomic E-state index is -4.78. The van der Waals surface area contributed by atoms with Crippen LogP contribution in [0.1, 0.15) is 11.1 Å². The number of alkyl halides is 7. The summed E-state index contributed by atoms with van der Waals surface area (Å²) in [6.07, 6.45) is -9.49. The second-order valence-electron chi connectivity index (χ2n) is 4.92. The van der Waals surface area contributed by atoms with Crippen molar-refractivity contribution in [2.75, 3.05) is 0 Å². The van der Waals surface area contributed by atoms with Crippen LogP contribution in [0.25, 0.3) is 0 Å². The predicted octanol–water partition coefficient (Wildman–Crippen LogP) is 6.86. The molecule has 2 rings (SSSR count). The van der Waals surface area contributed by atoms with E-state index in [4.69, 9.17) is 28.3 Å². The fourth-order valence-electron chi connectivity index (χ4n) is 1.68. The van der Waals surface area contributed by atoms with Gasteiger partial charge in [0, 0.05) is 5.33 Å². The molecular weight excluding hydrogens is 505 g/mol. The van der Waals surface area contributed by atoms with Crippen LogP contribution in [0.3, 0.4) is 0 Å². The number of rotatable bonds is 4. The lowest BCUT2D eigenvalue weighted by atomic mass is 10.2. The Labute approximate surface area is 173 Å². The van der Waals surface area contributed by atoms with Crippen LogP contribution in [-0.4, -0.2) is 17.8 Å². The molecule has 0 saturated carbocycles. The zero-order chi connectivity index (χ0) is 21.5. The topological polar surface area (TPSA) is 38.7 Å². The standard InChI is InChI=1S/C8H5BrClF3O.C8H6ClF3O2/c9-4-5-1-2-6(10)7(3-5)14-8(11,12)13;9-6-2-1-5(4-13)3-7(6)14-8(10,11)12/h1-3H,4H2;1-3,13H,4H2. The molecule has 0 aromatic heterocycles. The molecular formula is C16H11BrCl2F6O3. The van der Waals surface area contributed by atoms with Gasteiger partial charge in [0.15, 0.2) is 0 Å². The minimum Gasteiger partial charge on any atom is -0.404 e. The molecule has 0 radical (unpaired) electrons. The highest BCUT2D eigenvalue weighted by Gasteiger charge is 2.32. The molecule has 0 spiro atoms. The first-order valence-corrected chi connectivity index (χ1v) is 8.97. The van der Waals surface area contributed by atoms with E-state index in [0.29, 0.717) is 16.5 Å². The maximum absolute atomic E-state index is 11.9. The monoisotopic (exact) mass is 514 g/mol. The molecule has 12 heteroatoms. The Morgan fingerprint density at radius 3 is 1.54 bits per heavy atom. The summed E-state index contributed by atoms with van der Waals surface area (Å²) in [6.45, 7) is -0.370. The maximum atomic E-state index is 11.9.